The molecule has 3 heteroatoms. The molecule has 4 fully saturated rings. The van der Waals surface area contributed by atoms with Gasteiger partial charge in [-0.1, -0.05) is 13.5 Å². The van der Waals surface area contributed by atoms with Gasteiger partial charge in [-0.05, 0) is 43.4 Å². The van der Waals surface area contributed by atoms with E-state index in [4.69, 9.17) is 9.47 Å². The third-order valence-corrected chi connectivity index (χ3v) is 5.66. The van der Waals surface area contributed by atoms with Crippen LogP contribution in [0.3, 0.4) is 0 Å². The molecule has 3 saturated carbocycles. The van der Waals surface area contributed by atoms with E-state index >= 15 is 0 Å². The Morgan fingerprint density at radius 3 is 2.94 bits per heavy atom. The highest BCUT2D eigenvalue weighted by Gasteiger charge is 2.67. The van der Waals surface area contributed by atoms with Crippen LogP contribution >= 0.6 is 0 Å². The van der Waals surface area contributed by atoms with Crippen molar-refractivity contribution >= 4 is 5.97 Å². The van der Waals surface area contributed by atoms with E-state index < -0.39 is 0 Å². The van der Waals surface area contributed by atoms with Gasteiger partial charge in [0.1, 0.15) is 6.10 Å². The average Bonchev–Trinajstić information content (AvgIpc) is 2.76. The molecule has 1 saturated heterocycles. The average molecular weight is 248 g/mol. The zero-order valence-electron chi connectivity index (χ0n) is 10.8. The minimum atomic E-state index is -0.183. The largest absolute Gasteiger partial charge is 0.459 e. The maximum absolute atomic E-state index is 11.8. The third kappa shape index (κ3) is 1.37. The minimum Gasteiger partial charge on any atom is -0.459 e. The van der Waals surface area contributed by atoms with E-state index in [1.54, 1.807) is 0 Å². The number of rotatable bonds is 3. The molecule has 3 aliphatic carbocycles. The predicted octanol–water partition coefficient (Wildman–Crippen LogP) is 2.31. The van der Waals surface area contributed by atoms with E-state index in [1.807, 2.05) is 6.92 Å². The van der Waals surface area contributed by atoms with Gasteiger partial charge in [0.2, 0.25) is 0 Å². The van der Waals surface area contributed by atoms with Crippen LogP contribution in [0.15, 0.2) is 12.2 Å². The summed E-state index contributed by atoms with van der Waals surface area (Å²) in [5.41, 5.74) is 0.598. The van der Waals surface area contributed by atoms with Gasteiger partial charge in [-0.25, -0.2) is 4.79 Å². The number of hydrogen-bond donors (Lipinski definition) is 0. The topological polar surface area (TPSA) is 38.8 Å². The summed E-state index contributed by atoms with van der Waals surface area (Å²) in [6.07, 6.45) is 5.45. The van der Waals surface area contributed by atoms with Crippen molar-refractivity contribution in [2.75, 3.05) is 0 Å². The molecule has 0 N–H and O–H groups in total. The predicted molar refractivity (Wildman–Crippen MR) is 65.8 cm³/mol. The molecule has 98 valence electrons. The highest BCUT2D eigenvalue weighted by molar-refractivity contribution is 5.87. The number of epoxide rings is 1. The summed E-state index contributed by atoms with van der Waals surface area (Å²) in [5, 5.41) is 0. The Kier molecular flexibility index (Phi) is 2.20. The lowest BCUT2D eigenvalue weighted by Crippen LogP contribution is -2.35. The fraction of sp³-hybridized carbons (Fsp3) is 0.800. The van der Waals surface area contributed by atoms with Crippen molar-refractivity contribution in [1.29, 1.82) is 0 Å². The minimum absolute atomic E-state index is 0.134. The van der Waals surface area contributed by atoms with Gasteiger partial charge < -0.3 is 9.47 Å². The first kappa shape index (κ1) is 11.0. The molecule has 1 heterocycles. The highest BCUT2D eigenvalue weighted by atomic mass is 16.6. The lowest BCUT2D eigenvalue weighted by Gasteiger charge is -2.32. The van der Waals surface area contributed by atoms with Crippen molar-refractivity contribution in [2.45, 2.75) is 50.9 Å². The molecule has 0 radical (unpaired) electrons. The van der Waals surface area contributed by atoms with Crippen molar-refractivity contribution in [3.8, 4) is 0 Å². The Bertz CT molecular complexity index is 416. The normalized spacial score (nSPS) is 50.8. The van der Waals surface area contributed by atoms with Crippen LogP contribution < -0.4 is 0 Å². The van der Waals surface area contributed by atoms with E-state index in [1.165, 1.54) is 12.8 Å². The van der Waals surface area contributed by atoms with Gasteiger partial charge in [-0.15, -0.1) is 0 Å². The van der Waals surface area contributed by atoms with Crippen LogP contribution in [-0.4, -0.2) is 24.3 Å². The fourth-order valence-electron chi connectivity index (χ4n) is 4.75. The zero-order valence-corrected chi connectivity index (χ0v) is 10.8. The smallest absolute Gasteiger partial charge is 0.333 e. The summed E-state index contributed by atoms with van der Waals surface area (Å²) in [5.74, 6) is 2.71. The molecule has 7 atom stereocenters. The van der Waals surface area contributed by atoms with E-state index in [0.717, 1.165) is 18.3 Å². The van der Waals surface area contributed by atoms with Crippen molar-refractivity contribution < 1.29 is 14.3 Å². The van der Waals surface area contributed by atoms with Crippen molar-refractivity contribution in [3.63, 3.8) is 0 Å². The lowest BCUT2D eigenvalue weighted by molar-refractivity contribution is -0.148. The molecule has 2 bridgehead atoms. The van der Waals surface area contributed by atoms with E-state index in [9.17, 15) is 4.79 Å². The van der Waals surface area contributed by atoms with E-state index in [2.05, 4.69) is 6.58 Å². The Morgan fingerprint density at radius 1 is 1.33 bits per heavy atom. The Hall–Kier alpha value is -0.830. The molecule has 4 rings (SSSR count). The van der Waals surface area contributed by atoms with E-state index in [0.29, 0.717) is 36.0 Å². The molecule has 0 amide bonds. The standard InChI is InChI=1S/C15H20O3/c1-3-7(2)15(16)18-11-5-8-4-10(11)13-9(8)6-12-14(13)17-12/h8-14H,2-6H2,1H3. The van der Waals surface area contributed by atoms with Crippen LogP contribution in [0.2, 0.25) is 0 Å². The van der Waals surface area contributed by atoms with Gasteiger partial charge >= 0.3 is 5.97 Å². The summed E-state index contributed by atoms with van der Waals surface area (Å²) >= 11 is 0. The molecule has 0 aromatic rings. The summed E-state index contributed by atoms with van der Waals surface area (Å²) in [7, 11) is 0. The SMILES string of the molecule is C=C(CC)C(=O)OC1CC2CC1C1C2CC2OC21. The molecule has 0 aromatic heterocycles. The van der Waals surface area contributed by atoms with Gasteiger partial charge in [0.15, 0.2) is 0 Å². The molecule has 0 aromatic carbocycles. The molecule has 0 spiro atoms. The molecule has 18 heavy (non-hydrogen) atoms. The quantitative estimate of drug-likeness (QED) is 0.437. The first-order valence-electron chi connectivity index (χ1n) is 7.23. The molecule has 7 unspecified atom stereocenters. The summed E-state index contributed by atoms with van der Waals surface area (Å²) < 4.78 is 11.4. The summed E-state index contributed by atoms with van der Waals surface area (Å²) in [6, 6.07) is 0. The van der Waals surface area contributed by atoms with Gasteiger partial charge in [0, 0.05) is 11.5 Å². The molecule has 1 aliphatic heterocycles. The van der Waals surface area contributed by atoms with Crippen molar-refractivity contribution in [2.24, 2.45) is 23.7 Å². The van der Waals surface area contributed by atoms with Crippen LogP contribution in [-0.2, 0) is 14.3 Å². The maximum atomic E-state index is 11.8. The number of ether oxygens (including phenoxy) is 2. The van der Waals surface area contributed by atoms with Gasteiger partial charge in [0.25, 0.3) is 0 Å². The number of carbonyl (C=O) groups is 1. The van der Waals surface area contributed by atoms with Crippen molar-refractivity contribution in [1.82, 2.24) is 0 Å². The second-order valence-electron chi connectivity index (χ2n) is 6.41. The second kappa shape index (κ2) is 3.60. The fourth-order valence-corrected chi connectivity index (χ4v) is 4.75. The Morgan fingerprint density at radius 2 is 2.17 bits per heavy atom. The summed E-state index contributed by atoms with van der Waals surface area (Å²) in [6.45, 7) is 5.71. The number of esters is 1. The molecule has 3 nitrogen and oxygen atoms in total. The number of hydrogen-bond acceptors (Lipinski definition) is 3. The first-order valence-corrected chi connectivity index (χ1v) is 7.23. The van der Waals surface area contributed by atoms with Crippen LogP contribution in [0.1, 0.15) is 32.6 Å². The maximum Gasteiger partial charge on any atom is 0.333 e. The van der Waals surface area contributed by atoms with E-state index in [-0.39, 0.29) is 12.1 Å². The van der Waals surface area contributed by atoms with Crippen LogP contribution in [0.5, 0.6) is 0 Å². The first-order chi connectivity index (χ1) is 8.69. The molecular weight excluding hydrogens is 228 g/mol. The number of fused-ring (bicyclic) bond motifs is 7. The Labute approximate surface area is 108 Å². The monoisotopic (exact) mass is 248 g/mol. The second-order valence-corrected chi connectivity index (χ2v) is 6.41. The van der Waals surface area contributed by atoms with Crippen LogP contribution in [0.25, 0.3) is 0 Å². The Balaban J connectivity index is 1.46. The number of carbonyl (C=O) groups excluding carboxylic acids is 1. The van der Waals surface area contributed by atoms with Gasteiger partial charge in [0.05, 0.1) is 12.2 Å². The van der Waals surface area contributed by atoms with Gasteiger partial charge in [-0.3, -0.25) is 0 Å². The van der Waals surface area contributed by atoms with Crippen LogP contribution in [0, 0.1) is 23.7 Å². The zero-order chi connectivity index (χ0) is 12.4. The van der Waals surface area contributed by atoms with Crippen LogP contribution in [0.4, 0.5) is 0 Å². The highest BCUT2D eigenvalue weighted by Crippen LogP contribution is 2.64. The third-order valence-electron chi connectivity index (χ3n) is 5.66. The molecular formula is C15H20O3. The van der Waals surface area contributed by atoms with Crippen molar-refractivity contribution in [3.05, 3.63) is 12.2 Å². The summed E-state index contributed by atoms with van der Waals surface area (Å²) in [4.78, 5) is 11.8. The van der Waals surface area contributed by atoms with Gasteiger partial charge in [-0.2, -0.15) is 0 Å². The molecule has 4 aliphatic rings. The lowest BCUT2D eigenvalue weighted by atomic mass is 9.79.